The molecule has 74 valence electrons. The Hall–Kier alpha value is -1.84. The van der Waals surface area contributed by atoms with E-state index in [0.717, 1.165) is 0 Å². The molecule has 0 heterocycles. The maximum Gasteiger partial charge on any atom is 0.221 e. The Balaban J connectivity index is 3.01. The van der Waals surface area contributed by atoms with Gasteiger partial charge in [-0.1, -0.05) is 0 Å². The van der Waals surface area contributed by atoms with Crippen molar-refractivity contribution < 1.29 is 14.3 Å². The second kappa shape index (κ2) is 4.41. The Bertz CT molecular complexity index is 360. The summed E-state index contributed by atoms with van der Waals surface area (Å²) in [5.74, 6) is 0.320. The molecule has 0 bridgehead atoms. The molecule has 1 amide bonds. The van der Waals surface area contributed by atoms with Crippen LogP contribution in [0.15, 0.2) is 18.2 Å². The van der Waals surface area contributed by atoms with E-state index < -0.39 is 0 Å². The molecular weight excluding hydrogens is 182 g/mol. The molecule has 14 heavy (non-hydrogen) atoms. The van der Waals surface area contributed by atoms with Crippen LogP contribution in [0, 0.1) is 0 Å². The zero-order chi connectivity index (χ0) is 10.6. The first-order valence-corrected chi connectivity index (χ1v) is 4.08. The van der Waals surface area contributed by atoms with Gasteiger partial charge in [-0.3, -0.25) is 9.59 Å². The molecule has 0 aromatic heterocycles. The number of anilines is 1. The molecule has 0 saturated carbocycles. The van der Waals surface area contributed by atoms with Crippen molar-refractivity contribution in [2.24, 2.45) is 0 Å². The maximum atomic E-state index is 10.7. The third-order valence-electron chi connectivity index (χ3n) is 1.68. The lowest BCUT2D eigenvalue weighted by atomic mass is 10.2. The number of rotatable bonds is 3. The van der Waals surface area contributed by atoms with Crippen molar-refractivity contribution in [3.63, 3.8) is 0 Å². The van der Waals surface area contributed by atoms with Gasteiger partial charge >= 0.3 is 0 Å². The van der Waals surface area contributed by atoms with E-state index in [9.17, 15) is 9.59 Å². The van der Waals surface area contributed by atoms with Gasteiger partial charge < -0.3 is 10.1 Å². The third-order valence-corrected chi connectivity index (χ3v) is 1.68. The van der Waals surface area contributed by atoms with Crippen molar-refractivity contribution in [3.8, 4) is 5.75 Å². The molecule has 1 aromatic carbocycles. The predicted molar refractivity (Wildman–Crippen MR) is 52.7 cm³/mol. The molecule has 0 unspecified atom stereocenters. The lowest BCUT2D eigenvalue weighted by Gasteiger charge is -2.06. The largest absolute Gasteiger partial charge is 0.496 e. The van der Waals surface area contributed by atoms with E-state index in [-0.39, 0.29) is 5.91 Å². The van der Waals surface area contributed by atoms with Gasteiger partial charge in [0.1, 0.15) is 5.75 Å². The molecular formula is C10H11NO3. The fourth-order valence-corrected chi connectivity index (χ4v) is 1.11. The smallest absolute Gasteiger partial charge is 0.221 e. The Morgan fingerprint density at radius 2 is 2.21 bits per heavy atom. The third kappa shape index (κ3) is 2.32. The van der Waals surface area contributed by atoms with Gasteiger partial charge in [0.25, 0.3) is 0 Å². The number of aldehydes is 1. The lowest BCUT2D eigenvalue weighted by molar-refractivity contribution is -0.114. The van der Waals surface area contributed by atoms with Crippen molar-refractivity contribution >= 4 is 17.9 Å². The van der Waals surface area contributed by atoms with E-state index in [4.69, 9.17) is 4.74 Å². The van der Waals surface area contributed by atoms with Gasteiger partial charge in [-0.15, -0.1) is 0 Å². The summed E-state index contributed by atoms with van der Waals surface area (Å²) in [6.07, 6.45) is 0.685. The number of ether oxygens (including phenoxy) is 1. The second-order valence-electron chi connectivity index (χ2n) is 2.76. The Morgan fingerprint density at radius 1 is 1.50 bits per heavy atom. The van der Waals surface area contributed by atoms with Crippen LogP contribution in [-0.4, -0.2) is 19.3 Å². The zero-order valence-corrected chi connectivity index (χ0v) is 8.03. The van der Waals surface area contributed by atoms with Crippen LogP contribution in [0.3, 0.4) is 0 Å². The highest BCUT2D eigenvalue weighted by molar-refractivity contribution is 5.90. The van der Waals surface area contributed by atoms with E-state index >= 15 is 0 Å². The first-order valence-electron chi connectivity index (χ1n) is 4.08. The molecule has 0 aliphatic heterocycles. The topological polar surface area (TPSA) is 55.4 Å². The highest BCUT2D eigenvalue weighted by Gasteiger charge is 2.03. The molecule has 0 saturated heterocycles. The molecule has 1 N–H and O–H groups in total. The predicted octanol–water partition coefficient (Wildman–Crippen LogP) is 1.47. The summed E-state index contributed by atoms with van der Waals surface area (Å²) in [4.78, 5) is 21.4. The van der Waals surface area contributed by atoms with Crippen molar-refractivity contribution in [1.82, 2.24) is 0 Å². The van der Waals surface area contributed by atoms with Crippen LogP contribution in [0.5, 0.6) is 5.75 Å². The van der Waals surface area contributed by atoms with E-state index in [1.165, 1.54) is 14.0 Å². The number of carbonyl (C=O) groups excluding carboxylic acids is 2. The van der Waals surface area contributed by atoms with E-state index in [0.29, 0.717) is 23.3 Å². The van der Waals surface area contributed by atoms with E-state index in [1.807, 2.05) is 0 Å². The Morgan fingerprint density at radius 3 is 2.71 bits per heavy atom. The molecule has 4 heteroatoms. The standard InChI is InChI=1S/C10H11NO3/c1-7(13)11-9-3-4-10(14-2)8(5-9)6-12/h3-6H,1-2H3,(H,11,13). The van der Waals surface area contributed by atoms with Crippen LogP contribution in [0.25, 0.3) is 0 Å². The van der Waals surface area contributed by atoms with Crippen LogP contribution in [0.2, 0.25) is 0 Å². The zero-order valence-electron chi connectivity index (χ0n) is 8.03. The van der Waals surface area contributed by atoms with Gasteiger partial charge in [-0.05, 0) is 18.2 Å². The number of carbonyl (C=O) groups is 2. The molecule has 0 aliphatic rings. The minimum Gasteiger partial charge on any atom is -0.496 e. The number of methoxy groups -OCH3 is 1. The SMILES string of the molecule is COc1ccc(NC(C)=O)cc1C=O. The summed E-state index contributed by atoms with van der Waals surface area (Å²) < 4.78 is 4.95. The van der Waals surface area contributed by atoms with Crippen LogP contribution < -0.4 is 10.1 Å². The number of amides is 1. The fraction of sp³-hybridized carbons (Fsp3) is 0.200. The summed E-state index contributed by atoms with van der Waals surface area (Å²) in [5.41, 5.74) is 0.999. The summed E-state index contributed by atoms with van der Waals surface area (Å²) in [5, 5.41) is 2.58. The minimum atomic E-state index is -0.174. The molecule has 0 radical (unpaired) electrons. The molecule has 0 aliphatic carbocycles. The number of benzene rings is 1. The normalized spacial score (nSPS) is 9.29. The van der Waals surface area contributed by atoms with Crippen molar-refractivity contribution in [2.75, 3.05) is 12.4 Å². The highest BCUT2D eigenvalue weighted by atomic mass is 16.5. The van der Waals surface area contributed by atoms with Crippen molar-refractivity contribution in [3.05, 3.63) is 23.8 Å². The Labute approximate surface area is 81.9 Å². The van der Waals surface area contributed by atoms with Gasteiger partial charge in [-0.2, -0.15) is 0 Å². The molecule has 1 rings (SSSR count). The molecule has 0 fully saturated rings. The van der Waals surface area contributed by atoms with Gasteiger partial charge in [0.15, 0.2) is 6.29 Å². The quantitative estimate of drug-likeness (QED) is 0.739. The van der Waals surface area contributed by atoms with Crippen LogP contribution >= 0.6 is 0 Å². The molecule has 0 spiro atoms. The monoisotopic (exact) mass is 193 g/mol. The number of hydrogen-bond acceptors (Lipinski definition) is 3. The van der Waals surface area contributed by atoms with Gasteiger partial charge in [0, 0.05) is 12.6 Å². The van der Waals surface area contributed by atoms with Crippen molar-refractivity contribution in [1.29, 1.82) is 0 Å². The van der Waals surface area contributed by atoms with Crippen LogP contribution in [0.1, 0.15) is 17.3 Å². The second-order valence-corrected chi connectivity index (χ2v) is 2.76. The fourth-order valence-electron chi connectivity index (χ4n) is 1.11. The molecule has 4 nitrogen and oxygen atoms in total. The van der Waals surface area contributed by atoms with Crippen LogP contribution in [-0.2, 0) is 4.79 Å². The summed E-state index contributed by atoms with van der Waals surface area (Å²) >= 11 is 0. The minimum absolute atomic E-state index is 0.174. The first kappa shape index (κ1) is 10.2. The summed E-state index contributed by atoms with van der Waals surface area (Å²) in [7, 11) is 1.49. The maximum absolute atomic E-state index is 10.7. The average Bonchev–Trinajstić information content (AvgIpc) is 2.16. The van der Waals surface area contributed by atoms with E-state index in [2.05, 4.69) is 5.32 Å². The lowest BCUT2D eigenvalue weighted by Crippen LogP contribution is -2.06. The van der Waals surface area contributed by atoms with Gasteiger partial charge in [0.2, 0.25) is 5.91 Å². The first-order chi connectivity index (χ1) is 6.67. The van der Waals surface area contributed by atoms with Gasteiger partial charge in [0.05, 0.1) is 12.7 Å². The highest BCUT2D eigenvalue weighted by Crippen LogP contribution is 2.20. The molecule has 1 aromatic rings. The summed E-state index contributed by atoms with van der Waals surface area (Å²) in [6.45, 7) is 1.41. The van der Waals surface area contributed by atoms with E-state index in [1.54, 1.807) is 18.2 Å². The van der Waals surface area contributed by atoms with Crippen molar-refractivity contribution in [2.45, 2.75) is 6.92 Å². The summed E-state index contributed by atoms with van der Waals surface area (Å²) in [6, 6.07) is 4.87. The number of hydrogen-bond donors (Lipinski definition) is 1. The van der Waals surface area contributed by atoms with Crippen LogP contribution in [0.4, 0.5) is 5.69 Å². The molecule has 0 atom stereocenters. The number of nitrogens with one attached hydrogen (secondary N) is 1. The van der Waals surface area contributed by atoms with Gasteiger partial charge in [-0.25, -0.2) is 0 Å². The average molecular weight is 193 g/mol. The Kier molecular flexibility index (Phi) is 3.23.